The topological polar surface area (TPSA) is 4.44 Å². The molecule has 2 heteroatoms. The molecule has 13 heavy (non-hydrogen) atoms. The first-order chi connectivity index (χ1) is 5.88. The van der Waals surface area contributed by atoms with Crippen molar-refractivity contribution in [1.82, 2.24) is 0 Å². The zero-order valence-electron chi connectivity index (χ0n) is 9.11. The Bertz CT molecular complexity index is 111. The van der Waals surface area contributed by atoms with Gasteiger partial charge in [0, 0.05) is 12.8 Å². The molecule has 0 aromatic carbocycles. The Morgan fingerprint density at radius 2 is 1.77 bits per heavy atom. The van der Waals surface area contributed by atoms with Crippen molar-refractivity contribution >= 4 is 0 Å². The van der Waals surface area contributed by atoms with Gasteiger partial charge >= 0.3 is 0 Å². The molecule has 1 atom stereocenters. The minimum Gasteiger partial charge on any atom is -1.00 e. The highest BCUT2D eigenvalue weighted by Crippen LogP contribution is 2.03. The maximum absolute atomic E-state index is 2.35. The van der Waals surface area contributed by atoms with Gasteiger partial charge in [0.25, 0.3) is 0 Å². The zero-order valence-corrected chi connectivity index (χ0v) is 9.87. The highest BCUT2D eigenvalue weighted by molar-refractivity contribution is 4.57. The highest BCUT2D eigenvalue weighted by Gasteiger charge is 2.23. The van der Waals surface area contributed by atoms with Crippen LogP contribution in [0.15, 0.2) is 0 Å². The molecule has 0 aliphatic carbocycles. The first-order valence-corrected chi connectivity index (χ1v) is 5.73. The van der Waals surface area contributed by atoms with E-state index in [1.807, 2.05) is 4.90 Å². The largest absolute Gasteiger partial charge is 1.00 e. The van der Waals surface area contributed by atoms with Crippen LogP contribution in [0.25, 0.3) is 0 Å². The molecule has 1 rings (SSSR count). The normalized spacial score (nSPS) is 19.8. The molecule has 1 saturated heterocycles. The van der Waals surface area contributed by atoms with Gasteiger partial charge in [-0.05, 0) is 19.3 Å². The number of likely N-dealkylation sites (tertiary alicyclic amines) is 1. The Balaban J connectivity index is 0.00000144. The Morgan fingerprint density at radius 3 is 2.23 bits per heavy atom. The molecular weight excluding hydrogens is 182 g/mol. The number of hydrogen-bond donors (Lipinski definition) is 1. The van der Waals surface area contributed by atoms with E-state index in [1.165, 1.54) is 51.6 Å². The van der Waals surface area contributed by atoms with Gasteiger partial charge in [-0.2, -0.15) is 0 Å². The summed E-state index contributed by atoms with van der Waals surface area (Å²) in [5.74, 6) is 0. The first kappa shape index (κ1) is 13.2. The van der Waals surface area contributed by atoms with Crippen molar-refractivity contribution in [2.75, 3.05) is 13.1 Å². The average Bonchev–Trinajstić information content (AvgIpc) is 2.59. The SMILES string of the molecule is CCCCC(CC)[NH+]1CCCC1.[Cl-]. The molecule has 1 nitrogen and oxygen atoms in total. The van der Waals surface area contributed by atoms with Crippen molar-refractivity contribution in [3.05, 3.63) is 0 Å². The molecule has 0 aromatic heterocycles. The van der Waals surface area contributed by atoms with E-state index in [9.17, 15) is 0 Å². The molecule has 1 fully saturated rings. The van der Waals surface area contributed by atoms with Gasteiger partial charge in [-0.15, -0.1) is 0 Å². The Hall–Kier alpha value is 0.250. The fourth-order valence-electron chi connectivity index (χ4n) is 2.38. The van der Waals surface area contributed by atoms with Gasteiger partial charge in [-0.1, -0.05) is 20.3 Å². The number of quaternary nitrogens is 1. The molecule has 80 valence electrons. The van der Waals surface area contributed by atoms with E-state index in [0.29, 0.717) is 0 Å². The fraction of sp³-hybridized carbons (Fsp3) is 1.00. The molecule has 0 spiro atoms. The number of hydrogen-bond acceptors (Lipinski definition) is 0. The van der Waals surface area contributed by atoms with Crippen LogP contribution < -0.4 is 17.3 Å². The summed E-state index contributed by atoms with van der Waals surface area (Å²) in [6.45, 7) is 7.54. The average molecular weight is 206 g/mol. The molecule has 1 aliphatic rings. The Labute approximate surface area is 89.3 Å². The second kappa shape index (κ2) is 7.64. The van der Waals surface area contributed by atoms with E-state index in [4.69, 9.17) is 0 Å². The van der Waals surface area contributed by atoms with Crippen molar-refractivity contribution in [3.63, 3.8) is 0 Å². The van der Waals surface area contributed by atoms with E-state index >= 15 is 0 Å². The highest BCUT2D eigenvalue weighted by atomic mass is 35.5. The van der Waals surface area contributed by atoms with Crippen LogP contribution in [0.5, 0.6) is 0 Å². The van der Waals surface area contributed by atoms with Gasteiger partial charge < -0.3 is 17.3 Å². The molecule has 1 heterocycles. The molecule has 0 radical (unpaired) electrons. The lowest BCUT2D eigenvalue weighted by Crippen LogP contribution is -3.13. The summed E-state index contributed by atoms with van der Waals surface area (Å²) in [6.07, 6.45) is 8.58. The second-order valence-electron chi connectivity index (χ2n) is 4.11. The summed E-state index contributed by atoms with van der Waals surface area (Å²) in [6, 6.07) is 0.979. The van der Waals surface area contributed by atoms with Gasteiger partial charge in [0.15, 0.2) is 0 Å². The van der Waals surface area contributed by atoms with Crippen LogP contribution in [0.3, 0.4) is 0 Å². The third kappa shape index (κ3) is 4.33. The van der Waals surface area contributed by atoms with Crippen LogP contribution in [0.4, 0.5) is 0 Å². The predicted octanol–water partition coefficient (Wildman–Crippen LogP) is -1.36. The Morgan fingerprint density at radius 1 is 1.15 bits per heavy atom. The maximum atomic E-state index is 2.35. The summed E-state index contributed by atoms with van der Waals surface area (Å²) in [4.78, 5) is 1.89. The number of halogens is 1. The van der Waals surface area contributed by atoms with Crippen molar-refractivity contribution in [3.8, 4) is 0 Å². The fourth-order valence-corrected chi connectivity index (χ4v) is 2.38. The molecule has 0 bridgehead atoms. The van der Waals surface area contributed by atoms with Crippen molar-refractivity contribution < 1.29 is 17.3 Å². The number of rotatable bonds is 5. The van der Waals surface area contributed by atoms with Crippen molar-refractivity contribution in [2.24, 2.45) is 0 Å². The summed E-state index contributed by atoms with van der Waals surface area (Å²) in [5, 5.41) is 0. The summed E-state index contributed by atoms with van der Waals surface area (Å²) < 4.78 is 0. The minimum atomic E-state index is 0. The molecule has 0 aromatic rings. The van der Waals surface area contributed by atoms with E-state index in [1.54, 1.807) is 0 Å². The van der Waals surface area contributed by atoms with Crippen LogP contribution in [-0.2, 0) is 0 Å². The van der Waals surface area contributed by atoms with Gasteiger partial charge in [0.1, 0.15) is 0 Å². The quantitative estimate of drug-likeness (QED) is 0.566. The van der Waals surface area contributed by atoms with Crippen LogP contribution in [0.1, 0.15) is 52.4 Å². The zero-order chi connectivity index (χ0) is 8.81. The molecule has 0 saturated carbocycles. The third-order valence-corrected chi connectivity index (χ3v) is 3.22. The smallest absolute Gasteiger partial charge is 0.0872 e. The van der Waals surface area contributed by atoms with Gasteiger partial charge in [-0.3, -0.25) is 0 Å². The molecule has 1 aliphatic heterocycles. The van der Waals surface area contributed by atoms with Gasteiger partial charge in [-0.25, -0.2) is 0 Å². The second-order valence-corrected chi connectivity index (χ2v) is 4.11. The first-order valence-electron chi connectivity index (χ1n) is 5.73. The van der Waals surface area contributed by atoms with E-state index in [0.717, 1.165) is 6.04 Å². The van der Waals surface area contributed by atoms with Crippen LogP contribution in [0, 0.1) is 0 Å². The van der Waals surface area contributed by atoms with E-state index < -0.39 is 0 Å². The van der Waals surface area contributed by atoms with Crippen molar-refractivity contribution in [1.29, 1.82) is 0 Å². The summed E-state index contributed by atoms with van der Waals surface area (Å²) in [7, 11) is 0. The molecule has 0 amide bonds. The van der Waals surface area contributed by atoms with Crippen LogP contribution in [0.2, 0.25) is 0 Å². The third-order valence-electron chi connectivity index (χ3n) is 3.22. The van der Waals surface area contributed by atoms with E-state index in [-0.39, 0.29) is 12.4 Å². The lowest BCUT2D eigenvalue weighted by Gasteiger charge is -2.23. The Kier molecular flexibility index (Phi) is 7.78. The van der Waals surface area contributed by atoms with Gasteiger partial charge in [0.2, 0.25) is 0 Å². The lowest BCUT2D eigenvalue weighted by molar-refractivity contribution is -0.914. The van der Waals surface area contributed by atoms with Crippen LogP contribution >= 0.6 is 0 Å². The summed E-state index contributed by atoms with van der Waals surface area (Å²) in [5.41, 5.74) is 0. The van der Waals surface area contributed by atoms with Crippen LogP contribution in [-0.4, -0.2) is 19.1 Å². The maximum Gasteiger partial charge on any atom is 0.0872 e. The molecule has 1 N–H and O–H groups in total. The van der Waals surface area contributed by atoms with Gasteiger partial charge in [0.05, 0.1) is 19.1 Å². The number of unbranched alkanes of at least 4 members (excludes halogenated alkanes) is 1. The lowest BCUT2D eigenvalue weighted by atomic mass is 10.1. The predicted molar refractivity (Wildman–Crippen MR) is 53.5 cm³/mol. The number of nitrogens with one attached hydrogen (secondary N) is 1. The molecular formula is C11H24ClN. The standard InChI is InChI=1S/C11H23N.ClH/c1-3-5-8-11(4-2)12-9-6-7-10-12;/h11H,3-10H2,1-2H3;1H. The molecule has 1 unspecified atom stereocenters. The monoisotopic (exact) mass is 205 g/mol. The van der Waals surface area contributed by atoms with E-state index in [2.05, 4.69) is 13.8 Å². The van der Waals surface area contributed by atoms with Crippen molar-refractivity contribution in [2.45, 2.75) is 58.4 Å². The minimum absolute atomic E-state index is 0. The summed E-state index contributed by atoms with van der Waals surface area (Å²) >= 11 is 0.